The standard InChI is InChI=1S/C19H18N6O3/c1-4-12-14-15(28-19(2,3)27-14)18(26-12)25-10-23-13-16(21-9-22-17(13)25)24-11-6-5-7-20-8-11/h1,5-10,12,14-15,18H,2-3H3,(H,21,22,24)/t12-,14-,15-,18-/m1/s1. The van der Waals surface area contributed by atoms with Gasteiger partial charge in [-0.2, -0.15) is 0 Å². The summed E-state index contributed by atoms with van der Waals surface area (Å²) in [5.41, 5.74) is 2.01. The SMILES string of the molecule is C#C[C@H]1O[C@@H](n2cnc3c(Nc4cccnc4)ncnc32)[C@@H]2OC(C)(C)O[C@@H]21. The van der Waals surface area contributed by atoms with Crippen LogP contribution >= 0.6 is 0 Å². The molecule has 2 aliphatic heterocycles. The first kappa shape index (κ1) is 17.1. The van der Waals surface area contributed by atoms with Crippen LogP contribution in [0.15, 0.2) is 37.2 Å². The Balaban J connectivity index is 1.52. The third-order valence-corrected chi connectivity index (χ3v) is 4.75. The number of nitrogens with zero attached hydrogens (tertiary/aromatic N) is 5. The zero-order valence-electron chi connectivity index (χ0n) is 15.3. The molecule has 0 aliphatic carbocycles. The zero-order valence-corrected chi connectivity index (χ0v) is 15.3. The molecule has 4 atom stereocenters. The second kappa shape index (κ2) is 6.24. The average molecular weight is 378 g/mol. The number of terminal acetylenes is 1. The van der Waals surface area contributed by atoms with Crippen LogP contribution < -0.4 is 5.32 Å². The van der Waals surface area contributed by atoms with E-state index in [-0.39, 0.29) is 12.2 Å². The van der Waals surface area contributed by atoms with Gasteiger partial charge < -0.3 is 19.5 Å². The van der Waals surface area contributed by atoms with Crippen molar-refractivity contribution in [1.29, 1.82) is 0 Å². The lowest BCUT2D eigenvalue weighted by Gasteiger charge is -2.23. The van der Waals surface area contributed by atoms with E-state index in [2.05, 4.69) is 31.2 Å². The highest BCUT2D eigenvalue weighted by Crippen LogP contribution is 2.43. The molecular weight excluding hydrogens is 360 g/mol. The van der Waals surface area contributed by atoms with Gasteiger partial charge in [0, 0.05) is 6.20 Å². The maximum Gasteiger partial charge on any atom is 0.167 e. The first-order valence-corrected chi connectivity index (χ1v) is 8.87. The fraction of sp³-hybridized carbons (Fsp3) is 0.368. The Bertz CT molecular complexity index is 1060. The molecule has 28 heavy (non-hydrogen) atoms. The molecule has 2 fully saturated rings. The van der Waals surface area contributed by atoms with Crippen LogP contribution in [0.1, 0.15) is 20.1 Å². The number of nitrogens with one attached hydrogen (secondary N) is 1. The molecule has 142 valence electrons. The molecule has 0 bridgehead atoms. The van der Waals surface area contributed by atoms with Gasteiger partial charge in [-0.05, 0) is 26.0 Å². The Kier molecular flexibility index (Phi) is 3.80. The molecule has 9 heteroatoms. The van der Waals surface area contributed by atoms with Crippen LogP contribution in [-0.4, -0.2) is 48.6 Å². The van der Waals surface area contributed by atoms with Crippen molar-refractivity contribution < 1.29 is 14.2 Å². The second-order valence-electron chi connectivity index (χ2n) is 7.09. The van der Waals surface area contributed by atoms with Crippen molar-refractivity contribution in [2.75, 3.05) is 5.32 Å². The van der Waals surface area contributed by atoms with E-state index >= 15 is 0 Å². The van der Waals surface area contributed by atoms with Gasteiger partial charge in [-0.25, -0.2) is 15.0 Å². The summed E-state index contributed by atoms with van der Waals surface area (Å²) in [6.07, 6.45) is 10.5. The van der Waals surface area contributed by atoms with Crippen molar-refractivity contribution in [2.45, 2.75) is 44.2 Å². The van der Waals surface area contributed by atoms with Crippen LogP contribution in [0.3, 0.4) is 0 Å². The van der Waals surface area contributed by atoms with Crippen molar-refractivity contribution in [2.24, 2.45) is 0 Å². The highest BCUT2D eigenvalue weighted by Gasteiger charge is 2.55. The van der Waals surface area contributed by atoms with Crippen LogP contribution in [0.4, 0.5) is 11.5 Å². The lowest BCUT2D eigenvalue weighted by molar-refractivity contribution is -0.190. The smallest absolute Gasteiger partial charge is 0.167 e. The minimum Gasteiger partial charge on any atom is -0.341 e. The van der Waals surface area contributed by atoms with E-state index in [4.69, 9.17) is 20.6 Å². The van der Waals surface area contributed by atoms with Gasteiger partial charge in [-0.1, -0.05) is 5.92 Å². The minimum absolute atomic E-state index is 0.350. The number of rotatable bonds is 3. The first-order chi connectivity index (χ1) is 13.6. The van der Waals surface area contributed by atoms with Crippen molar-refractivity contribution in [1.82, 2.24) is 24.5 Å². The summed E-state index contributed by atoms with van der Waals surface area (Å²) >= 11 is 0. The zero-order chi connectivity index (χ0) is 19.3. The Morgan fingerprint density at radius 3 is 2.86 bits per heavy atom. The molecule has 3 aromatic heterocycles. The fourth-order valence-corrected chi connectivity index (χ4v) is 3.64. The predicted molar refractivity (Wildman–Crippen MR) is 99.4 cm³/mol. The third-order valence-electron chi connectivity index (χ3n) is 4.75. The summed E-state index contributed by atoms with van der Waals surface area (Å²) in [5.74, 6) is 2.49. The summed E-state index contributed by atoms with van der Waals surface area (Å²) < 4.78 is 19.8. The van der Waals surface area contributed by atoms with Crippen LogP contribution in [-0.2, 0) is 14.2 Å². The second-order valence-corrected chi connectivity index (χ2v) is 7.09. The van der Waals surface area contributed by atoms with E-state index in [0.29, 0.717) is 17.0 Å². The Labute approximate surface area is 161 Å². The molecule has 0 spiro atoms. The predicted octanol–water partition coefficient (Wildman–Crippen LogP) is 2.02. The number of hydrogen-bond donors (Lipinski definition) is 1. The van der Waals surface area contributed by atoms with E-state index in [0.717, 1.165) is 5.69 Å². The van der Waals surface area contributed by atoms with E-state index in [1.807, 2.05) is 30.5 Å². The number of aromatic nitrogens is 5. The average Bonchev–Trinajstić information content (AvgIpc) is 3.33. The first-order valence-electron chi connectivity index (χ1n) is 8.87. The maximum atomic E-state index is 6.06. The maximum absolute atomic E-state index is 6.06. The number of ether oxygens (including phenoxy) is 3. The molecule has 2 aliphatic rings. The minimum atomic E-state index is -0.731. The van der Waals surface area contributed by atoms with E-state index in [9.17, 15) is 0 Å². The molecule has 0 unspecified atom stereocenters. The normalized spacial score (nSPS) is 28.2. The topological polar surface area (TPSA) is 96.2 Å². The molecule has 0 radical (unpaired) electrons. The Hall–Kier alpha value is -3.06. The van der Waals surface area contributed by atoms with Gasteiger partial charge in [0.1, 0.15) is 24.6 Å². The molecule has 5 rings (SSSR count). The van der Waals surface area contributed by atoms with Crippen LogP contribution in [0.2, 0.25) is 0 Å². The summed E-state index contributed by atoms with van der Waals surface area (Å²) in [5, 5.41) is 3.21. The molecule has 3 aromatic rings. The van der Waals surface area contributed by atoms with Gasteiger partial charge >= 0.3 is 0 Å². The lowest BCUT2D eigenvalue weighted by Crippen LogP contribution is -2.28. The van der Waals surface area contributed by atoms with Gasteiger partial charge in [0.25, 0.3) is 0 Å². The Morgan fingerprint density at radius 1 is 1.21 bits per heavy atom. The molecular formula is C19H18N6O3. The quantitative estimate of drug-likeness (QED) is 0.692. The van der Waals surface area contributed by atoms with Crippen molar-refractivity contribution in [3.05, 3.63) is 37.2 Å². The van der Waals surface area contributed by atoms with Crippen molar-refractivity contribution in [3.8, 4) is 12.3 Å². The number of anilines is 2. The molecule has 0 aromatic carbocycles. The van der Waals surface area contributed by atoms with Gasteiger partial charge in [-0.3, -0.25) is 9.55 Å². The van der Waals surface area contributed by atoms with Gasteiger partial charge in [0.15, 0.2) is 29.0 Å². The van der Waals surface area contributed by atoms with Gasteiger partial charge in [0.05, 0.1) is 18.2 Å². The number of imidazole rings is 1. The molecule has 5 heterocycles. The number of hydrogen-bond acceptors (Lipinski definition) is 8. The van der Waals surface area contributed by atoms with Crippen molar-refractivity contribution in [3.63, 3.8) is 0 Å². The van der Waals surface area contributed by atoms with Crippen LogP contribution in [0, 0.1) is 12.3 Å². The van der Waals surface area contributed by atoms with Crippen LogP contribution in [0.5, 0.6) is 0 Å². The molecule has 0 amide bonds. The fourth-order valence-electron chi connectivity index (χ4n) is 3.64. The largest absolute Gasteiger partial charge is 0.341 e. The molecule has 1 N–H and O–H groups in total. The highest BCUT2D eigenvalue weighted by molar-refractivity contribution is 5.85. The summed E-state index contributed by atoms with van der Waals surface area (Å²) in [6, 6.07) is 3.73. The monoisotopic (exact) mass is 378 g/mol. The summed E-state index contributed by atoms with van der Waals surface area (Å²) in [4.78, 5) is 17.3. The third kappa shape index (κ3) is 2.70. The number of fused-ring (bicyclic) bond motifs is 2. The van der Waals surface area contributed by atoms with Crippen molar-refractivity contribution >= 4 is 22.7 Å². The Morgan fingerprint density at radius 2 is 2.07 bits per heavy atom. The molecule has 2 saturated heterocycles. The van der Waals surface area contributed by atoms with Crippen LogP contribution in [0.25, 0.3) is 11.2 Å². The van der Waals surface area contributed by atoms with E-state index in [1.165, 1.54) is 6.33 Å². The molecule has 0 saturated carbocycles. The summed E-state index contributed by atoms with van der Waals surface area (Å²) in [6.45, 7) is 3.72. The highest BCUT2D eigenvalue weighted by atomic mass is 16.8. The van der Waals surface area contributed by atoms with Gasteiger partial charge in [0.2, 0.25) is 0 Å². The van der Waals surface area contributed by atoms with E-state index < -0.39 is 18.1 Å². The number of pyridine rings is 1. The molecule has 9 nitrogen and oxygen atoms in total. The van der Waals surface area contributed by atoms with Gasteiger partial charge in [-0.15, -0.1) is 6.42 Å². The lowest BCUT2D eigenvalue weighted by atomic mass is 10.1. The van der Waals surface area contributed by atoms with E-state index in [1.54, 1.807) is 18.7 Å². The summed E-state index contributed by atoms with van der Waals surface area (Å²) in [7, 11) is 0.